The van der Waals surface area contributed by atoms with Gasteiger partial charge in [0.25, 0.3) is 0 Å². The fourth-order valence-corrected chi connectivity index (χ4v) is 3.93. The Morgan fingerprint density at radius 3 is 2.63 bits per heavy atom. The molecule has 4 rings (SSSR count). The molecule has 0 fully saturated rings. The van der Waals surface area contributed by atoms with E-state index in [4.69, 9.17) is 4.74 Å². The van der Waals surface area contributed by atoms with Crippen LogP contribution in [0.4, 0.5) is 11.5 Å². The zero-order valence-corrected chi connectivity index (χ0v) is 15.7. The lowest BCUT2D eigenvalue weighted by molar-refractivity contribution is 0.0601. The van der Waals surface area contributed by atoms with Crippen molar-refractivity contribution in [3.63, 3.8) is 0 Å². The van der Waals surface area contributed by atoms with Gasteiger partial charge in [-0.15, -0.1) is 11.3 Å². The smallest absolute Gasteiger partial charge is 0.337 e. The molecule has 4 aromatic rings. The topological polar surface area (TPSA) is 64.1 Å². The van der Waals surface area contributed by atoms with E-state index in [1.807, 2.05) is 37.3 Å². The van der Waals surface area contributed by atoms with Gasteiger partial charge in [-0.2, -0.15) is 0 Å². The number of nitrogens with one attached hydrogen (secondary N) is 1. The average molecular weight is 375 g/mol. The number of methoxy groups -OCH3 is 1. The maximum absolute atomic E-state index is 11.8. The van der Waals surface area contributed by atoms with Crippen molar-refractivity contribution in [2.45, 2.75) is 6.92 Å². The zero-order valence-electron chi connectivity index (χ0n) is 14.9. The third-order valence-electron chi connectivity index (χ3n) is 4.11. The second kappa shape index (κ2) is 7.17. The molecule has 134 valence electrons. The molecule has 0 radical (unpaired) electrons. The molecule has 0 saturated heterocycles. The summed E-state index contributed by atoms with van der Waals surface area (Å²) in [6, 6.07) is 19.5. The highest BCUT2D eigenvalue weighted by Gasteiger charge is 2.13. The molecule has 0 aliphatic carbocycles. The van der Waals surface area contributed by atoms with Gasteiger partial charge in [0.1, 0.15) is 16.5 Å². The number of thiophene rings is 1. The van der Waals surface area contributed by atoms with Crippen LogP contribution in [0.25, 0.3) is 20.7 Å². The SMILES string of the molecule is COC(=O)c1cccc(Nc2nc(C)nc3sc(-c4ccccc4)cc23)c1. The molecule has 0 aliphatic rings. The predicted molar refractivity (Wildman–Crippen MR) is 109 cm³/mol. The lowest BCUT2D eigenvalue weighted by Crippen LogP contribution is -2.02. The van der Waals surface area contributed by atoms with Crippen LogP contribution in [-0.2, 0) is 4.74 Å². The van der Waals surface area contributed by atoms with Gasteiger partial charge in [0.2, 0.25) is 0 Å². The van der Waals surface area contributed by atoms with Crippen molar-refractivity contribution < 1.29 is 9.53 Å². The summed E-state index contributed by atoms with van der Waals surface area (Å²) in [5, 5.41) is 4.27. The highest BCUT2D eigenvalue weighted by Crippen LogP contribution is 2.36. The fourth-order valence-electron chi connectivity index (χ4n) is 2.85. The number of ether oxygens (including phenoxy) is 1. The van der Waals surface area contributed by atoms with Gasteiger partial charge in [0.15, 0.2) is 0 Å². The number of benzene rings is 2. The van der Waals surface area contributed by atoms with E-state index in [9.17, 15) is 4.79 Å². The number of aryl methyl sites for hydroxylation is 1. The van der Waals surface area contributed by atoms with Crippen LogP contribution in [0.15, 0.2) is 60.7 Å². The van der Waals surface area contributed by atoms with Gasteiger partial charge in [0.05, 0.1) is 18.1 Å². The van der Waals surface area contributed by atoms with Crippen LogP contribution in [0.1, 0.15) is 16.2 Å². The van der Waals surface area contributed by atoms with Gasteiger partial charge in [0, 0.05) is 10.6 Å². The summed E-state index contributed by atoms with van der Waals surface area (Å²) in [7, 11) is 1.37. The second-order valence-corrected chi connectivity index (χ2v) is 7.04. The molecule has 0 saturated carbocycles. The summed E-state index contributed by atoms with van der Waals surface area (Å²) in [5.74, 6) is 1.04. The van der Waals surface area contributed by atoms with Gasteiger partial charge in [-0.05, 0) is 36.8 Å². The van der Waals surface area contributed by atoms with E-state index in [1.165, 1.54) is 7.11 Å². The summed E-state index contributed by atoms with van der Waals surface area (Å²) in [6.45, 7) is 1.87. The Hall–Kier alpha value is -3.25. The van der Waals surface area contributed by atoms with Crippen molar-refractivity contribution in [2.75, 3.05) is 12.4 Å². The maximum Gasteiger partial charge on any atom is 0.337 e. The van der Waals surface area contributed by atoms with E-state index in [-0.39, 0.29) is 5.97 Å². The molecule has 6 heteroatoms. The van der Waals surface area contributed by atoms with Crippen molar-refractivity contribution in [1.82, 2.24) is 9.97 Å². The minimum atomic E-state index is -0.371. The first-order valence-electron chi connectivity index (χ1n) is 8.43. The summed E-state index contributed by atoms with van der Waals surface area (Å²) < 4.78 is 4.79. The normalized spacial score (nSPS) is 10.7. The first-order chi connectivity index (χ1) is 13.1. The molecule has 5 nitrogen and oxygen atoms in total. The van der Waals surface area contributed by atoms with Gasteiger partial charge in [-0.25, -0.2) is 14.8 Å². The second-order valence-electron chi connectivity index (χ2n) is 6.01. The third kappa shape index (κ3) is 3.52. The van der Waals surface area contributed by atoms with Gasteiger partial charge < -0.3 is 10.1 Å². The molecular weight excluding hydrogens is 358 g/mol. The molecule has 0 amide bonds. The lowest BCUT2D eigenvalue weighted by Gasteiger charge is -2.08. The van der Waals surface area contributed by atoms with Crippen LogP contribution >= 0.6 is 11.3 Å². The molecular formula is C21H17N3O2S. The zero-order chi connectivity index (χ0) is 18.8. The molecule has 2 heterocycles. The highest BCUT2D eigenvalue weighted by molar-refractivity contribution is 7.21. The third-order valence-corrected chi connectivity index (χ3v) is 5.19. The molecule has 1 N–H and O–H groups in total. The summed E-state index contributed by atoms with van der Waals surface area (Å²) >= 11 is 1.64. The number of hydrogen-bond donors (Lipinski definition) is 1. The largest absolute Gasteiger partial charge is 0.465 e. The Bertz CT molecular complexity index is 1120. The molecule has 0 unspecified atom stereocenters. The Morgan fingerprint density at radius 1 is 1.04 bits per heavy atom. The van der Waals surface area contributed by atoms with Crippen LogP contribution in [0.3, 0.4) is 0 Å². The van der Waals surface area contributed by atoms with E-state index >= 15 is 0 Å². The summed E-state index contributed by atoms with van der Waals surface area (Å²) in [4.78, 5) is 23.0. The van der Waals surface area contributed by atoms with Crippen LogP contribution in [0.2, 0.25) is 0 Å². The minimum Gasteiger partial charge on any atom is -0.465 e. The Kier molecular flexibility index (Phi) is 4.56. The highest BCUT2D eigenvalue weighted by atomic mass is 32.1. The lowest BCUT2D eigenvalue weighted by atomic mass is 10.2. The number of nitrogens with zero attached hydrogens (tertiary/aromatic N) is 2. The van der Waals surface area contributed by atoms with E-state index in [0.717, 1.165) is 32.2 Å². The van der Waals surface area contributed by atoms with Crippen molar-refractivity contribution >= 4 is 39.0 Å². The maximum atomic E-state index is 11.8. The first kappa shape index (κ1) is 17.2. The number of hydrogen-bond acceptors (Lipinski definition) is 6. The fraction of sp³-hybridized carbons (Fsp3) is 0.0952. The molecule has 27 heavy (non-hydrogen) atoms. The number of anilines is 2. The van der Waals surface area contributed by atoms with E-state index in [0.29, 0.717) is 11.4 Å². The van der Waals surface area contributed by atoms with Crippen molar-refractivity contribution in [3.8, 4) is 10.4 Å². The quantitative estimate of drug-likeness (QED) is 0.497. The number of carbonyl (C=O) groups is 1. The minimum absolute atomic E-state index is 0.371. The van der Waals surface area contributed by atoms with Crippen molar-refractivity contribution in [2.24, 2.45) is 0 Å². The van der Waals surface area contributed by atoms with Crippen LogP contribution in [0, 0.1) is 6.92 Å². The van der Waals surface area contributed by atoms with Crippen LogP contribution in [-0.4, -0.2) is 23.0 Å². The number of aromatic nitrogens is 2. The van der Waals surface area contributed by atoms with E-state index < -0.39 is 0 Å². The number of carbonyl (C=O) groups excluding carboxylic acids is 1. The van der Waals surface area contributed by atoms with E-state index in [1.54, 1.807) is 23.5 Å². The standard InChI is InChI=1S/C21H17N3O2S/c1-13-22-19(24-16-10-6-9-15(11-16)21(25)26-2)17-12-18(27-20(17)23-13)14-7-4-3-5-8-14/h3-12H,1-2H3,(H,22,23,24). The van der Waals surface area contributed by atoms with Crippen molar-refractivity contribution in [1.29, 1.82) is 0 Å². The average Bonchev–Trinajstić information content (AvgIpc) is 3.12. The Labute approximate surface area is 160 Å². The monoisotopic (exact) mass is 375 g/mol. The Balaban J connectivity index is 1.76. The Morgan fingerprint density at radius 2 is 1.85 bits per heavy atom. The predicted octanol–water partition coefficient (Wildman–Crippen LogP) is 5.20. The van der Waals surface area contributed by atoms with Crippen molar-refractivity contribution in [3.05, 3.63) is 72.1 Å². The summed E-state index contributed by atoms with van der Waals surface area (Å²) in [6.07, 6.45) is 0. The van der Waals surface area contributed by atoms with Crippen LogP contribution < -0.4 is 5.32 Å². The first-order valence-corrected chi connectivity index (χ1v) is 9.25. The number of esters is 1. The van der Waals surface area contributed by atoms with Gasteiger partial charge in [-0.1, -0.05) is 36.4 Å². The molecule has 0 spiro atoms. The molecule has 0 aliphatic heterocycles. The molecule has 0 bridgehead atoms. The van der Waals surface area contributed by atoms with Gasteiger partial charge in [-0.3, -0.25) is 0 Å². The molecule has 2 aromatic heterocycles. The summed E-state index contributed by atoms with van der Waals surface area (Å²) in [5.41, 5.74) is 2.40. The molecule has 2 aromatic carbocycles. The molecule has 0 atom stereocenters. The van der Waals surface area contributed by atoms with Crippen LogP contribution in [0.5, 0.6) is 0 Å². The number of rotatable bonds is 4. The number of fused-ring (bicyclic) bond motifs is 1. The van der Waals surface area contributed by atoms with Gasteiger partial charge >= 0.3 is 5.97 Å². The van der Waals surface area contributed by atoms with E-state index in [2.05, 4.69) is 33.5 Å².